The minimum Gasteiger partial charge on any atom is -0.490 e. The predicted molar refractivity (Wildman–Crippen MR) is 81.4 cm³/mol. The molecule has 1 aromatic carbocycles. The van der Waals surface area contributed by atoms with Gasteiger partial charge in [-0.1, -0.05) is 6.92 Å². The minimum atomic E-state index is -1.04. The van der Waals surface area contributed by atoms with Crippen molar-refractivity contribution in [2.45, 2.75) is 34.1 Å². The van der Waals surface area contributed by atoms with E-state index in [1.807, 2.05) is 20.8 Å². The number of carbonyl (C=O) groups is 1. The number of benzene rings is 1. The highest BCUT2D eigenvalue weighted by Gasteiger charge is 2.31. The van der Waals surface area contributed by atoms with E-state index >= 15 is 0 Å². The molecule has 0 heterocycles. The maximum Gasteiger partial charge on any atom is 0.244 e. The van der Waals surface area contributed by atoms with E-state index in [2.05, 4.69) is 11.4 Å². The topological polar surface area (TPSA) is 71.3 Å². The Morgan fingerprint density at radius 1 is 1.24 bits per heavy atom. The van der Waals surface area contributed by atoms with Crippen LogP contribution >= 0.6 is 0 Å². The van der Waals surface area contributed by atoms with Gasteiger partial charge in [0.2, 0.25) is 5.91 Å². The summed E-state index contributed by atoms with van der Waals surface area (Å²) in [4.78, 5) is 12.2. The largest absolute Gasteiger partial charge is 0.490 e. The first kappa shape index (κ1) is 16.8. The molecule has 0 aliphatic carbocycles. The van der Waals surface area contributed by atoms with Gasteiger partial charge >= 0.3 is 0 Å². The summed E-state index contributed by atoms with van der Waals surface area (Å²) in [5.74, 6) is 0.891. The lowest BCUT2D eigenvalue weighted by Crippen LogP contribution is -2.31. The molecule has 21 heavy (non-hydrogen) atoms. The smallest absolute Gasteiger partial charge is 0.244 e. The van der Waals surface area contributed by atoms with E-state index < -0.39 is 5.41 Å². The molecule has 0 aliphatic heterocycles. The molecule has 1 aromatic rings. The number of anilines is 1. The van der Waals surface area contributed by atoms with Gasteiger partial charge in [-0.2, -0.15) is 5.26 Å². The fraction of sp³-hybridized carbons (Fsp3) is 0.500. The second-order valence-corrected chi connectivity index (χ2v) is 4.78. The van der Waals surface area contributed by atoms with Crippen LogP contribution in [0.3, 0.4) is 0 Å². The van der Waals surface area contributed by atoms with Crippen LogP contribution < -0.4 is 14.8 Å². The van der Waals surface area contributed by atoms with Gasteiger partial charge in [0, 0.05) is 11.8 Å². The molecule has 0 saturated carbocycles. The number of amides is 1. The molecule has 1 N–H and O–H groups in total. The van der Waals surface area contributed by atoms with Crippen molar-refractivity contribution in [3.63, 3.8) is 0 Å². The quantitative estimate of drug-likeness (QED) is 0.835. The number of carbonyl (C=O) groups excluding carboxylic acids is 1. The van der Waals surface area contributed by atoms with Crippen LogP contribution in [0.5, 0.6) is 11.5 Å². The summed E-state index contributed by atoms with van der Waals surface area (Å²) >= 11 is 0. The highest BCUT2D eigenvalue weighted by Crippen LogP contribution is 2.31. The standard InChI is InChI=1S/C16H22N2O3/c1-5-16(4,11-17)15(19)18-12-8-9-13(20-6-2)14(10-12)21-7-3/h8-10H,5-7H2,1-4H3,(H,18,19). The Balaban J connectivity index is 2.97. The van der Waals surface area contributed by atoms with Crippen LogP contribution in [0.2, 0.25) is 0 Å². The monoisotopic (exact) mass is 290 g/mol. The second kappa shape index (κ2) is 7.53. The molecule has 0 aliphatic rings. The van der Waals surface area contributed by atoms with E-state index in [-0.39, 0.29) is 5.91 Å². The highest BCUT2D eigenvalue weighted by atomic mass is 16.5. The predicted octanol–water partition coefficient (Wildman–Crippen LogP) is 3.36. The summed E-state index contributed by atoms with van der Waals surface area (Å²) in [6, 6.07) is 7.24. The van der Waals surface area contributed by atoms with Crippen molar-refractivity contribution in [3.05, 3.63) is 18.2 Å². The normalized spacial score (nSPS) is 12.9. The van der Waals surface area contributed by atoms with Gasteiger partial charge in [-0.05, 0) is 39.3 Å². The zero-order valence-electron chi connectivity index (χ0n) is 13.0. The molecular formula is C16H22N2O3. The van der Waals surface area contributed by atoms with Crippen molar-refractivity contribution in [2.24, 2.45) is 5.41 Å². The average Bonchev–Trinajstić information content (AvgIpc) is 2.49. The number of hydrogen-bond donors (Lipinski definition) is 1. The third-order valence-electron chi connectivity index (χ3n) is 3.26. The molecule has 1 atom stereocenters. The van der Waals surface area contributed by atoms with E-state index in [4.69, 9.17) is 14.7 Å². The maximum atomic E-state index is 12.2. The number of hydrogen-bond acceptors (Lipinski definition) is 4. The van der Waals surface area contributed by atoms with Crippen molar-refractivity contribution in [3.8, 4) is 17.6 Å². The third kappa shape index (κ3) is 4.12. The molecule has 5 nitrogen and oxygen atoms in total. The third-order valence-corrected chi connectivity index (χ3v) is 3.26. The molecule has 0 bridgehead atoms. The van der Waals surface area contributed by atoms with Crippen molar-refractivity contribution in [1.29, 1.82) is 5.26 Å². The summed E-state index contributed by atoms with van der Waals surface area (Å²) in [6.07, 6.45) is 0.449. The van der Waals surface area contributed by atoms with Crippen LogP contribution in [-0.2, 0) is 4.79 Å². The van der Waals surface area contributed by atoms with E-state index in [9.17, 15) is 4.79 Å². The lowest BCUT2D eigenvalue weighted by Gasteiger charge is -2.19. The van der Waals surface area contributed by atoms with Gasteiger partial charge in [0.05, 0.1) is 19.3 Å². The Hall–Kier alpha value is -2.22. The van der Waals surface area contributed by atoms with E-state index in [0.717, 1.165) is 0 Å². The van der Waals surface area contributed by atoms with E-state index in [1.165, 1.54) is 0 Å². The van der Waals surface area contributed by atoms with Crippen LogP contribution in [-0.4, -0.2) is 19.1 Å². The molecule has 0 aromatic heterocycles. The van der Waals surface area contributed by atoms with Gasteiger partial charge in [0.1, 0.15) is 5.41 Å². The first-order valence-corrected chi connectivity index (χ1v) is 7.13. The Labute approximate surface area is 125 Å². The van der Waals surface area contributed by atoms with Gasteiger partial charge < -0.3 is 14.8 Å². The fourth-order valence-corrected chi connectivity index (χ4v) is 1.69. The molecule has 5 heteroatoms. The summed E-state index contributed by atoms with van der Waals surface area (Å²) in [7, 11) is 0. The van der Waals surface area contributed by atoms with Crippen molar-refractivity contribution in [1.82, 2.24) is 0 Å². The zero-order valence-corrected chi connectivity index (χ0v) is 13.0. The molecule has 1 rings (SSSR count). The first-order valence-electron chi connectivity index (χ1n) is 7.13. The zero-order chi connectivity index (χ0) is 15.9. The van der Waals surface area contributed by atoms with E-state index in [0.29, 0.717) is 36.8 Å². The van der Waals surface area contributed by atoms with E-state index in [1.54, 1.807) is 25.1 Å². The number of nitriles is 1. The van der Waals surface area contributed by atoms with Crippen molar-refractivity contribution >= 4 is 11.6 Å². The number of ether oxygens (including phenoxy) is 2. The van der Waals surface area contributed by atoms with Crippen molar-refractivity contribution < 1.29 is 14.3 Å². The van der Waals surface area contributed by atoms with Gasteiger partial charge in [0.15, 0.2) is 11.5 Å². The SMILES string of the molecule is CCOc1ccc(NC(=O)C(C)(C#N)CC)cc1OCC. The van der Waals surface area contributed by atoms with Crippen molar-refractivity contribution in [2.75, 3.05) is 18.5 Å². The Morgan fingerprint density at radius 3 is 2.38 bits per heavy atom. The van der Waals surface area contributed by atoms with Crippen LogP contribution in [0, 0.1) is 16.7 Å². The minimum absolute atomic E-state index is 0.320. The van der Waals surface area contributed by atoms with Gasteiger partial charge in [-0.15, -0.1) is 0 Å². The lowest BCUT2D eigenvalue weighted by atomic mass is 9.88. The molecule has 0 saturated heterocycles. The van der Waals surface area contributed by atoms with Crippen LogP contribution in [0.1, 0.15) is 34.1 Å². The molecule has 114 valence electrons. The number of rotatable bonds is 7. The molecule has 0 radical (unpaired) electrons. The second-order valence-electron chi connectivity index (χ2n) is 4.78. The van der Waals surface area contributed by atoms with Crippen LogP contribution in [0.25, 0.3) is 0 Å². The molecule has 0 fully saturated rings. The Bertz CT molecular complexity index is 537. The highest BCUT2D eigenvalue weighted by molar-refractivity contribution is 5.97. The molecule has 0 spiro atoms. The number of nitrogens with zero attached hydrogens (tertiary/aromatic N) is 1. The average molecular weight is 290 g/mol. The summed E-state index contributed by atoms with van der Waals surface area (Å²) in [5.41, 5.74) is -0.452. The summed E-state index contributed by atoms with van der Waals surface area (Å²) < 4.78 is 11.0. The van der Waals surface area contributed by atoms with Gasteiger partial charge in [0.25, 0.3) is 0 Å². The van der Waals surface area contributed by atoms with Crippen LogP contribution in [0.15, 0.2) is 18.2 Å². The molecule has 1 amide bonds. The first-order chi connectivity index (χ1) is 10.0. The van der Waals surface area contributed by atoms with Gasteiger partial charge in [-0.25, -0.2) is 0 Å². The maximum absolute atomic E-state index is 12.2. The van der Waals surface area contributed by atoms with Gasteiger partial charge in [-0.3, -0.25) is 4.79 Å². The molecule has 1 unspecified atom stereocenters. The Kier molecular flexibility index (Phi) is 6.04. The number of nitrogens with one attached hydrogen (secondary N) is 1. The summed E-state index contributed by atoms with van der Waals surface area (Å²) in [5, 5.41) is 11.9. The van der Waals surface area contributed by atoms with Crippen LogP contribution in [0.4, 0.5) is 5.69 Å². The summed E-state index contributed by atoms with van der Waals surface area (Å²) in [6.45, 7) is 8.25. The molecular weight excluding hydrogens is 268 g/mol. The fourth-order valence-electron chi connectivity index (χ4n) is 1.69. The Morgan fingerprint density at radius 2 is 1.86 bits per heavy atom. The lowest BCUT2D eigenvalue weighted by molar-refractivity contribution is -0.122.